The minimum atomic E-state index is -4.95. The number of hydrogen-bond donors (Lipinski definition) is 1. The number of piperidine rings is 1. The molecule has 1 aromatic rings. The molecule has 0 spiro atoms. The first-order valence-electron chi connectivity index (χ1n) is 10.3. The van der Waals surface area contributed by atoms with Crippen LogP contribution in [0.25, 0.3) is 0 Å². The van der Waals surface area contributed by atoms with Crippen LogP contribution < -0.4 is 0 Å². The maximum atomic E-state index is 13.1. The number of carboxylic acid groups (broad SMARTS) is 1. The largest absolute Gasteiger partial charge is 0.480 e. The van der Waals surface area contributed by atoms with Crippen molar-refractivity contribution in [3.05, 3.63) is 34.9 Å². The van der Waals surface area contributed by atoms with Crippen LogP contribution in [-0.4, -0.2) is 72.1 Å². The lowest BCUT2D eigenvalue weighted by molar-refractivity contribution is -0.143. The molecular weight excluding hydrogens is 456 g/mol. The number of aliphatic carboxylic acids is 1. The topological polar surface area (TPSA) is 64.1 Å². The summed E-state index contributed by atoms with van der Waals surface area (Å²) >= 11 is 0. The Bertz CT molecular complexity index is 826. The van der Waals surface area contributed by atoms with Crippen LogP contribution >= 0.6 is 0 Å². The van der Waals surface area contributed by atoms with Crippen molar-refractivity contribution in [3.8, 4) is 0 Å². The smallest absolute Gasteiger partial charge is 0.416 e. The molecule has 2 atom stereocenters. The van der Waals surface area contributed by atoms with Gasteiger partial charge >= 0.3 is 24.4 Å². The van der Waals surface area contributed by atoms with Crippen LogP contribution in [0.1, 0.15) is 30.0 Å². The number of likely N-dealkylation sites (tertiary alicyclic amines) is 1. The third-order valence-corrected chi connectivity index (χ3v) is 5.70. The van der Waals surface area contributed by atoms with E-state index >= 15 is 0 Å². The van der Waals surface area contributed by atoms with E-state index in [2.05, 4.69) is 0 Å². The summed E-state index contributed by atoms with van der Waals surface area (Å²) in [5.41, 5.74) is -3.12. The number of likely N-dealkylation sites (N-methyl/N-ethyl adjacent to an activating group) is 1. The van der Waals surface area contributed by atoms with Crippen molar-refractivity contribution < 1.29 is 41.0 Å². The summed E-state index contributed by atoms with van der Waals surface area (Å²) in [6.07, 6.45) is -9.31. The number of amides is 2. The molecule has 1 saturated heterocycles. The van der Waals surface area contributed by atoms with Gasteiger partial charge in [-0.2, -0.15) is 26.3 Å². The molecule has 1 aromatic carbocycles. The van der Waals surface area contributed by atoms with Crippen molar-refractivity contribution in [3.63, 3.8) is 0 Å². The normalized spacial score (nSPS) is 19.6. The van der Waals surface area contributed by atoms with Gasteiger partial charge in [0, 0.05) is 33.2 Å². The second kappa shape index (κ2) is 10.2. The molecule has 186 valence electrons. The summed E-state index contributed by atoms with van der Waals surface area (Å²) in [7, 11) is 3.02. The monoisotopic (exact) mass is 483 g/mol. The van der Waals surface area contributed by atoms with E-state index in [1.54, 1.807) is 11.9 Å². The zero-order valence-electron chi connectivity index (χ0n) is 18.5. The fraction of sp³-hybridized carbons (Fsp3) is 0.619. The highest BCUT2D eigenvalue weighted by Gasteiger charge is 2.37. The van der Waals surface area contributed by atoms with Crippen molar-refractivity contribution in [1.82, 2.24) is 14.7 Å². The van der Waals surface area contributed by atoms with Gasteiger partial charge in [-0.3, -0.25) is 9.69 Å². The zero-order chi connectivity index (χ0) is 25.1. The van der Waals surface area contributed by atoms with Crippen molar-refractivity contribution in [2.24, 2.45) is 11.8 Å². The maximum Gasteiger partial charge on any atom is 0.416 e. The number of nitrogens with zero attached hydrogens (tertiary/aromatic N) is 3. The van der Waals surface area contributed by atoms with Gasteiger partial charge in [0.25, 0.3) is 0 Å². The number of carbonyl (C=O) groups excluding carboxylic acids is 1. The number of carbonyl (C=O) groups is 2. The van der Waals surface area contributed by atoms with Crippen LogP contribution in [0.15, 0.2) is 18.2 Å². The van der Waals surface area contributed by atoms with E-state index < -0.39 is 42.0 Å². The summed E-state index contributed by atoms with van der Waals surface area (Å²) in [5, 5.41) is 8.87. The van der Waals surface area contributed by atoms with Crippen molar-refractivity contribution in [2.45, 2.75) is 32.2 Å². The Morgan fingerprint density at radius 2 is 1.61 bits per heavy atom. The predicted molar refractivity (Wildman–Crippen MR) is 107 cm³/mol. The number of benzene rings is 1. The van der Waals surface area contributed by atoms with Gasteiger partial charge in [0.2, 0.25) is 0 Å². The first-order valence-corrected chi connectivity index (χ1v) is 10.3. The van der Waals surface area contributed by atoms with Gasteiger partial charge in [-0.05, 0) is 49.1 Å². The quantitative estimate of drug-likeness (QED) is 0.615. The molecule has 1 aliphatic heterocycles. The Kier molecular flexibility index (Phi) is 8.26. The van der Waals surface area contributed by atoms with E-state index in [4.69, 9.17) is 5.11 Å². The van der Waals surface area contributed by atoms with E-state index in [0.717, 1.165) is 4.90 Å². The highest BCUT2D eigenvalue weighted by atomic mass is 19.4. The SMILES string of the molecule is C[C@H]1CN(C(=O)N(C)Cc2cc(C(F)(F)F)cc(C(F)(F)F)c2)CC[C@@H]1CN(C)CC(=O)O. The number of carboxylic acids is 1. The first kappa shape index (κ1) is 26.7. The zero-order valence-corrected chi connectivity index (χ0v) is 18.5. The van der Waals surface area contributed by atoms with Crippen LogP contribution in [0, 0.1) is 11.8 Å². The highest BCUT2D eigenvalue weighted by Crippen LogP contribution is 2.36. The van der Waals surface area contributed by atoms with Gasteiger partial charge in [0.1, 0.15) is 0 Å². The Morgan fingerprint density at radius 3 is 2.06 bits per heavy atom. The number of urea groups is 1. The summed E-state index contributed by atoms with van der Waals surface area (Å²) in [4.78, 5) is 27.9. The Labute approximate surface area is 187 Å². The van der Waals surface area contributed by atoms with E-state index in [0.29, 0.717) is 38.2 Å². The second-order valence-corrected chi connectivity index (χ2v) is 8.62. The van der Waals surface area contributed by atoms with Crippen LogP contribution in [0.5, 0.6) is 0 Å². The van der Waals surface area contributed by atoms with Gasteiger partial charge in [0.05, 0.1) is 17.7 Å². The van der Waals surface area contributed by atoms with E-state index in [1.807, 2.05) is 6.92 Å². The first-order chi connectivity index (χ1) is 15.1. The van der Waals surface area contributed by atoms with Crippen molar-refractivity contribution in [1.29, 1.82) is 0 Å². The van der Waals surface area contributed by atoms with Crippen LogP contribution in [0.4, 0.5) is 31.1 Å². The minimum Gasteiger partial charge on any atom is -0.480 e. The lowest BCUT2D eigenvalue weighted by Crippen LogP contribution is -2.49. The lowest BCUT2D eigenvalue weighted by atomic mass is 9.86. The third kappa shape index (κ3) is 7.51. The third-order valence-electron chi connectivity index (χ3n) is 5.70. The molecule has 2 amide bonds. The van der Waals surface area contributed by atoms with E-state index in [-0.39, 0.29) is 30.0 Å². The number of halogens is 6. The molecule has 0 aromatic heterocycles. The Hall–Kier alpha value is -2.50. The standard InChI is InChI=1S/C21H27F6N3O3/c1-13-9-30(5-4-15(13)11-28(2)12-18(31)32)19(33)29(3)10-14-6-16(20(22,23)24)8-17(7-14)21(25,26)27/h6-8,13,15H,4-5,9-12H2,1-3H3,(H,31,32)/t13-,15+/m0/s1. The Morgan fingerprint density at radius 1 is 1.06 bits per heavy atom. The van der Waals surface area contributed by atoms with Gasteiger partial charge in [-0.25, -0.2) is 4.79 Å². The molecule has 1 heterocycles. The van der Waals surface area contributed by atoms with E-state index in [1.165, 1.54) is 11.9 Å². The molecule has 0 aliphatic carbocycles. The fourth-order valence-corrected chi connectivity index (χ4v) is 4.03. The summed E-state index contributed by atoms with van der Waals surface area (Å²) in [6.45, 7) is 2.64. The maximum absolute atomic E-state index is 13.1. The molecule has 33 heavy (non-hydrogen) atoms. The molecular formula is C21H27F6N3O3. The molecule has 12 heteroatoms. The number of rotatable bonds is 6. The van der Waals surface area contributed by atoms with Crippen LogP contribution in [-0.2, 0) is 23.7 Å². The minimum absolute atomic E-state index is 0.0396. The lowest BCUT2D eigenvalue weighted by Gasteiger charge is -2.39. The molecule has 0 radical (unpaired) electrons. The van der Waals surface area contributed by atoms with Crippen molar-refractivity contribution >= 4 is 12.0 Å². The molecule has 2 rings (SSSR count). The molecule has 0 unspecified atom stereocenters. The average molecular weight is 483 g/mol. The molecule has 0 bridgehead atoms. The summed E-state index contributed by atoms with van der Waals surface area (Å²) in [5.74, 6) is -0.748. The molecule has 1 aliphatic rings. The fourth-order valence-electron chi connectivity index (χ4n) is 4.03. The predicted octanol–water partition coefficient (Wildman–Crippen LogP) is 4.25. The molecule has 1 N–H and O–H groups in total. The van der Waals surface area contributed by atoms with Gasteiger partial charge in [-0.1, -0.05) is 6.92 Å². The number of alkyl halides is 6. The van der Waals surface area contributed by atoms with Gasteiger partial charge in [0.15, 0.2) is 0 Å². The Balaban J connectivity index is 2.07. The van der Waals surface area contributed by atoms with Crippen LogP contribution in [0.2, 0.25) is 0 Å². The average Bonchev–Trinajstić information content (AvgIpc) is 2.66. The molecule has 1 fully saturated rings. The van der Waals surface area contributed by atoms with Gasteiger partial charge < -0.3 is 14.9 Å². The summed E-state index contributed by atoms with van der Waals surface area (Å²) < 4.78 is 78.4. The molecule has 6 nitrogen and oxygen atoms in total. The second-order valence-electron chi connectivity index (χ2n) is 8.62. The number of hydrogen-bond acceptors (Lipinski definition) is 3. The highest BCUT2D eigenvalue weighted by molar-refractivity contribution is 5.74. The van der Waals surface area contributed by atoms with E-state index in [9.17, 15) is 35.9 Å². The van der Waals surface area contributed by atoms with Crippen LogP contribution in [0.3, 0.4) is 0 Å². The van der Waals surface area contributed by atoms with Crippen molar-refractivity contribution in [2.75, 3.05) is 40.3 Å². The van der Waals surface area contributed by atoms with Gasteiger partial charge in [-0.15, -0.1) is 0 Å². The molecule has 0 saturated carbocycles. The summed E-state index contributed by atoms with van der Waals surface area (Å²) in [6, 6.07) is 0.794.